The van der Waals surface area contributed by atoms with Crippen LogP contribution in [0.25, 0.3) is 11.6 Å². The molecule has 0 fully saturated rings. The monoisotopic (exact) mass is 212 g/mol. The van der Waals surface area contributed by atoms with Crippen LogP contribution in [0.1, 0.15) is 5.69 Å². The highest BCUT2D eigenvalue weighted by Gasteiger charge is 2.14. The predicted molar refractivity (Wildman–Crippen MR) is 51.8 cm³/mol. The van der Waals surface area contributed by atoms with E-state index < -0.39 is 0 Å². The van der Waals surface area contributed by atoms with E-state index in [0.29, 0.717) is 22.4 Å². The van der Waals surface area contributed by atoms with Gasteiger partial charge in [-0.3, -0.25) is 0 Å². The Labute approximate surface area is 85.7 Å². The van der Waals surface area contributed by atoms with Crippen LogP contribution in [0.4, 0.5) is 0 Å². The Morgan fingerprint density at radius 1 is 1.64 bits per heavy atom. The topological polar surface area (TPSA) is 51.2 Å². The maximum Gasteiger partial charge on any atom is 0.177 e. The van der Waals surface area contributed by atoms with Crippen molar-refractivity contribution in [3.8, 4) is 11.6 Å². The van der Waals surface area contributed by atoms with Gasteiger partial charge < -0.3 is 14.1 Å². The maximum atomic E-state index is 8.96. The van der Waals surface area contributed by atoms with Crippen molar-refractivity contribution in [3.05, 3.63) is 29.2 Å². The first-order valence-electron chi connectivity index (χ1n) is 4.10. The molecule has 0 unspecified atom stereocenters. The van der Waals surface area contributed by atoms with E-state index in [1.807, 2.05) is 0 Å². The minimum atomic E-state index is -0.173. The highest BCUT2D eigenvalue weighted by Crippen LogP contribution is 2.24. The van der Waals surface area contributed by atoms with E-state index >= 15 is 0 Å². The minimum Gasteiger partial charge on any atom is -0.461 e. The fourth-order valence-corrected chi connectivity index (χ4v) is 1.44. The third-order valence-corrected chi connectivity index (χ3v) is 2.45. The van der Waals surface area contributed by atoms with Gasteiger partial charge in [-0.1, -0.05) is 11.6 Å². The molecule has 0 aliphatic carbocycles. The van der Waals surface area contributed by atoms with Crippen LogP contribution in [0.15, 0.2) is 22.8 Å². The van der Waals surface area contributed by atoms with E-state index in [4.69, 9.17) is 21.1 Å². The lowest BCUT2D eigenvalue weighted by molar-refractivity contribution is 0.277. The van der Waals surface area contributed by atoms with E-state index in [1.54, 1.807) is 30.0 Å². The second-order valence-electron chi connectivity index (χ2n) is 2.87. The molecular weight excluding hydrogens is 204 g/mol. The van der Waals surface area contributed by atoms with Crippen LogP contribution in [0.5, 0.6) is 0 Å². The Hall–Kier alpha value is -1.26. The average molecular weight is 213 g/mol. The number of rotatable bonds is 2. The fraction of sp³-hybridized carbons (Fsp3) is 0.222. The maximum absolute atomic E-state index is 8.96. The van der Waals surface area contributed by atoms with E-state index in [2.05, 4.69) is 4.98 Å². The van der Waals surface area contributed by atoms with Crippen molar-refractivity contribution < 1.29 is 9.52 Å². The summed E-state index contributed by atoms with van der Waals surface area (Å²) < 4.78 is 6.86. The number of nitrogens with zero attached hydrogens (tertiary/aromatic N) is 2. The van der Waals surface area contributed by atoms with Gasteiger partial charge in [0.25, 0.3) is 0 Å². The van der Waals surface area contributed by atoms with Crippen LogP contribution in [0, 0.1) is 0 Å². The summed E-state index contributed by atoms with van der Waals surface area (Å²) in [5, 5.41) is 9.39. The van der Waals surface area contributed by atoms with Gasteiger partial charge in [-0.05, 0) is 12.1 Å². The van der Waals surface area contributed by atoms with Crippen molar-refractivity contribution >= 4 is 11.6 Å². The highest BCUT2D eigenvalue weighted by atomic mass is 35.5. The number of aromatic nitrogens is 2. The quantitative estimate of drug-likeness (QED) is 0.826. The molecule has 0 aliphatic heterocycles. The van der Waals surface area contributed by atoms with Crippen LogP contribution in [0.2, 0.25) is 5.15 Å². The zero-order valence-electron chi connectivity index (χ0n) is 7.57. The molecule has 2 aromatic heterocycles. The Kier molecular flexibility index (Phi) is 2.31. The van der Waals surface area contributed by atoms with Crippen molar-refractivity contribution in [2.75, 3.05) is 0 Å². The van der Waals surface area contributed by atoms with Crippen LogP contribution in [-0.4, -0.2) is 14.7 Å². The molecular formula is C9H9ClN2O2. The number of furan rings is 1. The van der Waals surface area contributed by atoms with Crippen molar-refractivity contribution in [3.63, 3.8) is 0 Å². The van der Waals surface area contributed by atoms with Crippen molar-refractivity contribution in [2.45, 2.75) is 6.61 Å². The normalized spacial score (nSPS) is 10.8. The second-order valence-corrected chi connectivity index (χ2v) is 3.23. The van der Waals surface area contributed by atoms with Gasteiger partial charge in [0.2, 0.25) is 0 Å². The van der Waals surface area contributed by atoms with Crippen LogP contribution in [-0.2, 0) is 13.7 Å². The molecule has 2 heterocycles. The molecule has 0 saturated heterocycles. The minimum absolute atomic E-state index is 0.173. The lowest BCUT2D eigenvalue weighted by atomic mass is 10.4. The average Bonchev–Trinajstić information content (AvgIpc) is 2.78. The number of hydrogen-bond donors (Lipinski definition) is 1. The van der Waals surface area contributed by atoms with Gasteiger partial charge in [-0.15, -0.1) is 0 Å². The molecule has 0 aromatic carbocycles. The molecule has 74 valence electrons. The van der Waals surface area contributed by atoms with Gasteiger partial charge in [-0.2, -0.15) is 0 Å². The molecule has 4 nitrogen and oxygen atoms in total. The molecule has 0 spiro atoms. The first kappa shape index (κ1) is 9.30. The van der Waals surface area contributed by atoms with E-state index in [0.717, 1.165) is 0 Å². The molecule has 2 aromatic rings. The summed E-state index contributed by atoms with van der Waals surface area (Å²) in [7, 11) is 1.77. The first-order chi connectivity index (χ1) is 6.74. The summed E-state index contributed by atoms with van der Waals surface area (Å²) in [6.07, 6.45) is 1.57. The standard InChI is InChI=1S/C9H9ClN2O2/c1-12-8(10)6(5-13)11-9(12)7-3-2-4-14-7/h2-4,13H,5H2,1H3. The molecule has 0 aliphatic rings. The van der Waals surface area contributed by atoms with Gasteiger partial charge in [0.05, 0.1) is 12.9 Å². The molecule has 2 rings (SSSR count). The smallest absolute Gasteiger partial charge is 0.177 e. The molecule has 5 heteroatoms. The number of halogens is 1. The molecule has 0 saturated carbocycles. The van der Waals surface area contributed by atoms with Gasteiger partial charge in [-0.25, -0.2) is 4.98 Å². The number of imidazole rings is 1. The largest absolute Gasteiger partial charge is 0.461 e. The number of aliphatic hydroxyl groups excluding tert-OH is 1. The molecule has 1 N–H and O–H groups in total. The van der Waals surface area contributed by atoms with Gasteiger partial charge >= 0.3 is 0 Å². The molecule has 14 heavy (non-hydrogen) atoms. The SMILES string of the molecule is Cn1c(-c2ccco2)nc(CO)c1Cl. The summed E-state index contributed by atoms with van der Waals surface area (Å²) in [4.78, 5) is 4.16. The van der Waals surface area contributed by atoms with Crippen LogP contribution >= 0.6 is 11.6 Å². The lowest BCUT2D eigenvalue weighted by Crippen LogP contribution is -1.90. The first-order valence-corrected chi connectivity index (χ1v) is 4.47. The van der Waals surface area contributed by atoms with Crippen molar-refractivity contribution in [1.29, 1.82) is 0 Å². The Balaban J connectivity index is 2.55. The van der Waals surface area contributed by atoms with E-state index in [1.165, 1.54) is 0 Å². The van der Waals surface area contributed by atoms with Gasteiger partial charge in [0.15, 0.2) is 11.6 Å². The predicted octanol–water partition coefficient (Wildman–Crippen LogP) is 1.83. The Morgan fingerprint density at radius 3 is 2.93 bits per heavy atom. The van der Waals surface area contributed by atoms with Crippen molar-refractivity contribution in [2.24, 2.45) is 7.05 Å². The highest BCUT2D eigenvalue weighted by molar-refractivity contribution is 6.30. The van der Waals surface area contributed by atoms with Crippen molar-refractivity contribution in [1.82, 2.24) is 9.55 Å². The summed E-state index contributed by atoms with van der Waals surface area (Å²) in [6.45, 7) is -0.173. The number of aliphatic hydroxyl groups is 1. The summed E-state index contributed by atoms with van der Waals surface area (Å²) in [5.74, 6) is 1.25. The summed E-state index contributed by atoms with van der Waals surface area (Å²) in [5.41, 5.74) is 0.459. The number of hydrogen-bond acceptors (Lipinski definition) is 3. The van der Waals surface area contributed by atoms with E-state index in [-0.39, 0.29) is 6.61 Å². The zero-order valence-corrected chi connectivity index (χ0v) is 8.32. The third-order valence-electron chi connectivity index (χ3n) is 1.98. The Morgan fingerprint density at radius 2 is 2.43 bits per heavy atom. The van der Waals surface area contributed by atoms with Crippen LogP contribution in [0.3, 0.4) is 0 Å². The fourth-order valence-electron chi connectivity index (χ4n) is 1.26. The Bertz CT molecular complexity index is 434. The molecule has 0 radical (unpaired) electrons. The summed E-state index contributed by atoms with van der Waals surface area (Å²) >= 11 is 5.93. The van der Waals surface area contributed by atoms with Gasteiger partial charge in [0, 0.05) is 7.05 Å². The van der Waals surface area contributed by atoms with E-state index in [9.17, 15) is 0 Å². The lowest BCUT2D eigenvalue weighted by Gasteiger charge is -1.97. The van der Waals surface area contributed by atoms with Crippen LogP contribution < -0.4 is 0 Å². The third kappa shape index (κ3) is 1.32. The second kappa shape index (κ2) is 3.48. The van der Waals surface area contributed by atoms with Gasteiger partial charge in [0.1, 0.15) is 10.8 Å². The molecule has 0 amide bonds. The molecule has 0 bridgehead atoms. The molecule has 0 atom stereocenters. The zero-order chi connectivity index (χ0) is 10.1. The summed E-state index contributed by atoms with van der Waals surface area (Å²) in [6, 6.07) is 3.57.